The molecule has 0 aliphatic carbocycles. The highest BCUT2D eigenvalue weighted by molar-refractivity contribution is 7.53. The van der Waals surface area contributed by atoms with E-state index in [0.29, 0.717) is 6.42 Å². The molecule has 1 saturated heterocycles. The van der Waals surface area contributed by atoms with Gasteiger partial charge in [-0.15, -0.1) is 0 Å². The molecule has 116 valence electrons. The molecular weight excluding hydrogens is 286 g/mol. The van der Waals surface area contributed by atoms with Gasteiger partial charge in [0.1, 0.15) is 14.0 Å². The quantitative estimate of drug-likeness (QED) is 0.393. The summed E-state index contributed by atoms with van der Waals surface area (Å²) in [5.74, 6) is -1.52. The summed E-state index contributed by atoms with van der Waals surface area (Å²) in [7, 11) is 1.29. The topological polar surface area (TPSA) is 116 Å². The van der Waals surface area contributed by atoms with Crippen LogP contribution in [0.25, 0.3) is 0 Å². The van der Waals surface area contributed by atoms with Gasteiger partial charge in [-0.05, 0) is 20.3 Å². The second kappa shape index (κ2) is 6.44. The Morgan fingerprint density at radius 3 is 2.35 bits per heavy atom. The first kappa shape index (κ1) is 18.1. The van der Waals surface area contributed by atoms with Crippen LogP contribution in [-0.2, 0) is 13.8 Å². The minimum atomic E-state index is -4.18. The van der Waals surface area contributed by atoms with E-state index in [1.807, 2.05) is 0 Å². The molecule has 0 saturated carbocycles. The lowest BCUT2D eigenvalue weighted by Gasteiger charge is -2.34. The van der Waals surface area contributed by atoms with Crippen molar-refractivity contribution in [2.45, 2.75) is 69.4 Å². The van der Waals surface area contributed by atoms with E-state index >= 15 is 0 Å². The fraction of sp³-hybridized carbons (Fsp3) is 1.00. The van der Waals surface area contributed by atoms with Gasteiger partial charge in [-0.1, -0.05) is 6.92 Å². The maximum Gasteiger partial charge on any atom is 0.356 e. The van der Waals surface area contributed by atoms with Crippen molar-refractivity contribution >= 4 is 15.4 Å². The van der Waals surface area contributed by atoms with E-state index in [0.717, 1.165) is 6.92 Å². The largest absolute Gasteiger partial charge is 0.388 e. The van der Waals surface area contributed by atoms with Crippen molar-refractivity contribution in [3.63, 3.8) is 0 Å². The van der Waals surface area contributed by atoms with Gasteiger partial charge in [0, 0.05) is 12.4 Å². The summed E-state index contributed by atoms with van der Waals surface area (Å²) >= 11 is 0. The molecule has 1 aliphatic rings. The molecule has 0 bridgehead atoms. The van der Waals surface area contributed by atoms with Gasteiger partial charge in [0.05, 0.1) is 17.8 Å². The zero-order chi connectivity index (χ0) is 15.7. The molecule has 0 aromatic heterocycles. The van der Waals surface area contributed by atoms with E-state index in [2.05, 4.69) is 0 Å². The maximum absolute atomic E-state index is 11.8. The van der Waals surface area contributed by atoms with E-state index in [1.54, 1.807) is 13.8 Å². The Morgan fingerprint density at radius 2 is 2.00 bits per heavy atom. The van der Waals surface area contributed by atoms with Crippen molar-refractivity contribution in [1.82, 2.24) is 0 Å². The molecule has 0 spiro atoms. The molecule has 4 N–H and O–H groups in total. The highest BCUT2D eigenvalue weighted by atomic mass is 31.2. The van der Waals surface area contributed by atoms with Gasteiger partial charge >= 0.3 is 7.60 Å². The highest BCUT2D eigenvalue weighted by Crippen LogP contribution is 2.51. The van der Waals surface area contributed by atoms with Gasteiger partial charge in [-0.2, -0.15) is 0 Å². The third kappa shape index (κ3) is 4.04. The van der Waals surface area contributed by atoms with Crippen LogP contribution in [0, 0.1) is 0 Å². The average Bonchev–Trinajstić information content (AvgIpc) is 2.56. The average molecular weight is 308 g/mol. The van der Waals surface area contributed by atoms with E-state index in [1.165, 1.54) is 0 Å². The number of hydrogen-bond donors (Lipinski definition) is 4. The number of aliphatic hydroxyl groups is 3. The molecule has 4 unspecified atom stereocenters. The molecule has 1 aliphatic heterocycles. The predicted octanol–water partition coefficient (Wildman–Crippen LogP) is -0.299. The van der Waals surface area contributed by atoms with Crippen LogP contribution in [0.15, 0.2) is 0 Å². The van der Waals surface area contributed by atoms with Crippen molar-refractivity contribution in [2.24, 2.45) is 0 Å². The van der Waals surface area contributed by atoms with Crippen LogP contribution in [0.1, 0.15) is 33.6 Å². The SMILES string of the molecule is [B][C@@H]1O[C@H](CC(C)(CC)OP(=O)(O)C(C)O)C(O)[C@@H]1O. The maximum atomic E-state index is 11.8. The second-order valence-electron chi connectivity index (χ2n) is 5.42. The number of aliphatic hydroxyl groups excluding tert-OH is 3. The standard InChI is InChI=1S/C11H22BO7P/c1-4-11(3,19-20(16,17)6(2)13)5-7-8(14)9(15)10(12)18-7/h6-10,13-15H,4-5H2,1-3H3,(H,16,17)/t6?,7-,8?,9+,10-,11?/m1/s1. The summed E-state index contributed by atoms with van der Waals surface area (Å²) in [5, 5.41) is 28.6. The normalized spacial score (nSPS) is 38.1. The summed E-state index contributed by atoms with van der Waals surface area (Å²) in [6.45, 7) is 4.47. The molecule has 7 nitrogen and oxygen atoms in total. The van der Waals surface area contributed by atoms with Crippen molar-refractivity contribution in [3.8, 4) is 0 Å². The minimum absolute atomic E-state index is 0.0622. The van der Waals surface area contributed by atoms with Crippen LogP contribution in [-0.4, -0.2) is 63.8 Å². The van der Waals surface area contributed by atoms with Gasteiger partial charge in [0.2, 0.25) is 0 Å². The lowest BCUT2D eigenvalue weighted by Crippen LogP contribution is -2.39. The smallest absolute Gasteiger partial charge is 0.356 e. The van der Waals surface area contributed by atoms with E-state index in [-0.39, 0.29) is 6.42 Å². The zero-order valence-corrected chi connectivity index (χ0v) is 12.7. The van der Waals surface area contributed by atoms with Crippen molar-refractivity contribution in [1.29, 1.82) is 0 Å². The Hall–Kier alpha value is 0.0549. The second-order valence-corrected chi connectivity index (χ2v) is 7.47. The van der Waals surface area contributed by atoms with Gasteiger partial charge in [0.15, 0.2) is 5.85 Å². The third-order valence-corrected chi connectivity index (χ3v) is 5.25. The lowest BCUT2D eigenvalue weighted by molar-refractivity contribution is -0.0395. The Labute approximate surface area is 119 Å². The minimum Gasteiger partial charge on any atom is -0.388 e. The Kier molecular flexibility index (Phi) is 5.83. The monoisotopic (exact) mass is 308 g/mol. The molecule has 7 atom stereocenters. The molecule has 1 fully saturated rings. The molecule has 0 aromatic carbocycles. The fourth-order valence-corrected chi connectivity index (χ4v) is 3.00. The Morgan fingerprint density at radius 1 is 1.45 bits per heavy atom. The van der Waals surface area contributed by atoms with Crippen molar-refractivity contribution < 1.29 is 34.0 Å². The van der Waals surface area contributed by atoms with Crippen LogP contribution in [0.5, 0.6) is 0 Å². The van der Waals surface area contributed by atoms with Gasteiger partial charge in [0.25, 0.3) is 0 Å². The van der Waals surface area contributed by atoms with Crippen LogP contribution < -0.4 is 0 Å². The summed E-state index contributed by atoms with van der Waals surface area (Å²) in [6.07, 6.45) is -2.80. The molecular formula is C11H22BO7P. The summed E-state index contributed by atoms with van der Waals surface area (Å²) in [4.78, 5) is 9.61. The number of ether oxygens (including phenoxy) is 1. The summed E-state index contributed by atoms with van der Waals surface area (Å²) < 4.78 is 22.2. The van der Waals surface area contributed by atoms with Gasteiger partial charge in [-0.25, -0.2) is 0 Å². The highest BCUT2D eigenvalue weighted by Gasteiger charge is 2.45. The van der Waals surface area contributed by atoms with Crippen LogP contribution >= 0.6 is 7.60 Å². The van der Waals surface area contributed by atoms with E-state index in [4.69, 9.17) is 17.1 Å². The first-order valence-electron chi connectivity index (χ1n) is 6.51. The van der Waals surface area contributed by atoms with Crippen LogP contribution in [0.4, 0.5) is 0 Å². The number of hydrogen-bond acceptors (Lipinski definition) is 6. The first-order chi connectivity index (χ1) is 9.02. The van der Waals surface area contributed by atoms with E-state index in [9.17, 15) is 24.8 Å². The predicted molar refractivity (Wildman–Crippen MR) is 72.3 cm³/mol. The Balaban J connectivity index is 2.78. The molecule has 1 heterocycles. The molecule has 1 rings (SSSR count). The van der Waals surface area contributed by atoms with Crippen LogP contribution in [0.3, 0.4) is 0 Å². The third-order valence-electron chi connectivity index (χ3n) is 3.60. The molecule has 20 heavy (non-hydrogen) atoms. The molecule has 2 radical (unpaired) electrons. The lowest BCUT2D eigenvalue weighted by atomic mass is 9.90. The van der Waals surface area contributed by atoms with Gasteiger partial charge in [-0.3, -0.25) is 4.57 Å². The Bertz CT molecular complexity index is 380. The first-order valence-corrected chi connectivity index (χ1v) is 8.15. The van der Waals surface area contributed by atoms with Crippen molar-refractivity contribution in [3.05, 3.63) is 0 Å². The zero-order valence-electron chi connectivity index (χ0n) is 11.8. The summed E-state index contributed by atoms with van der Waals surface area (Å²) in [5.41, 5.74) is -1.10. The molecule has 9 heteroatoms. The molecule has 0 amide bonds. The summed E-state index contributed by atoms with van der Waals surface area (Å²) in [6, 6.07) is -1.01. The van der Waals surface area contributed by atoms with Crippen LogP contribution in [0.2, 0.25) is 0 Å². The van der Waals surface area contributed by atoms with Gasteiger partial charge < -0.3 is 29.5 Å². The molecule has 0 aromatic rings. The van der Waals surface area contributed by atoms with E-state index < -0.39 is 43.4 Å². The fourth-order valence-electron chi connectivity index (χ4n) is 2.01. The number of rotatable bonds is 6. The van der Waals surface area contributed by atoms with Crippen molar-refractivity contribution in [2.75, 3.05) is 0 Å².